The van der Waals surface area contributed by atoms with Crippen molar-refractivity contribution in [3.8, 4) is 0 Å². The maximum atomic E-state index is 14.0. The lowest BCUT2D eigenvalue weighted by atomic mass is 9.94. The topological polar surface area (TPSA) is 117 Å². The van der Waals surface area contributed by atoms with E-state index in [1.54, 1.807) is 16.5 Å². The fourth-order valence-corrected chi connectivity index (χ4v) is 6.66. The molecule has 3 aliphatic heterocycles. The Balaban J connectivity index is 1.41. The number of aromatic nitrogens is 1. The monoisotopic (exact) mass is 602 g/mol. The van der Waals surface area contributed by atoms with Crippen molar-refractivity contribution in [2.75, 3.05) is 40.4 Å². The lowest BCUT2D eigenvalue weighted by molar-refractivity contribution is -0.150. The first-order valence-corrected chi connectivity index (χ1v) is 14.5. The molecule has 3 fully saturated rings. The number of thiazole rings is 1. The van der Waals surface area contributed by atoms with Crippen molar-refractivity contribution < 1.29 is 28.2 Å². The number of urea groups is 1. The van der Waals surface area contributed by atoms with E-state index in [-0.39, 0.29) is 29.2 Å². The summed E-state index contributed by atoms with van der Waals surface area (Å²) in [5, 5.41) is 5.73. The quantitative estimate of drug-likeness (QED) is 0.481. The molecule has 41 heavy (non-hydrogen) atoms. The van der Waals surface area contributed by atoms with E-state index < -0.39 is 35.9 Å². The number of methoxy groups -OCH3 is 2. The zero-order valence-corrected chi connectivity index (χ0v) is 24.0. The number of nitrogens with zero attached hydrogens (tertiary/aromatic N) is 5. The summed E-state index contributed by atoms with van der Waals surface area (Å²) in [5.74, 6) is -1.24. The number of nitrogens with one attached hydrogen (secondary N) is 1. The third kappa shape index (κ3) is 5.06. The van der Waals surface area contributed by atoms with E-state index in [1.807, 2.05) is 9.80 Å². The number of rotatable bonds is 7. The van der Waals surface area contributed by atoms with Gasteiger partial charge in [0.15, 0.2) is 10.8 Å². The third-order valence-electron chi connectivity index (χ3n) is 7.88. The van der Waals surface area contributed by atoms with Crippen LogP contribution < -0.4 is 5.32 Å². The van der Waals surface area contributed by atoms with Crippen molar-refractivity contribution in [1.82, 2.24) is 25.0 Å². The summed E-state index contributed by atoms with van der Waals surface area (Å²) in [4.78, 5) is 54.3. The van der Waals surface area contributed by atoms with Crippen LogP contribution in [0, 0.1) is 5.82 Å². The SMILES string of the molecule is COC(=O)C1=C(CN2CCN3C(=O)N(C4CC4)CC3C2C(=O)OC)NC(c2nccs2)=NC1c1ccc(F)cc1Cl. The van der Waals surface area contributed by atoms with Gasteiger partial charge in [-0.1, -0.05) is 17.7 Å². The van der Waals surface area contributed by atoms with Crippen LogP contribution in [-0.4, -0.2) is 102 Å². The van der Waals surface area contributed by atoms with Crippen molar-refractivity contribution in [3.05, 3.63) is 62.5 Å². The minimum absolute atomic E-state index is 0.0551. The molecular formula is C27H28ClFN6O5S. The second-order valence-corrected chi connectivity index (χ2v) is 11.6. The number of halogens is 2. The van der Waals surface area contributed by atoms with Gasteiger partial charge < -0.3 is 24.6 Å². The van der Waals surface area contributed by atoms with Crippen molar-refractivity contribution in [2.24, 2.45) is 4.99 Å². The molecule has 1 N–H and O–H groups in total. The van der Waals surface area contributed by atoms with Crippen LogP contribution in [0.4, 0.5) is 9.18 Å². The van der Waals surface area contributed by atoms with Gasteiger partial charge in [-0.15, -0.1) is 11.3 Å². The lowest BCUT2D eigenvalue weighted by Gasteiger charge is -2.43. The number of fused-ring (bicyclic) bond motifs is 1. The highest BCUT2D eigenvalue weighted by Gasteiger charge is 2.53. The number of carbonyl (C=O) groups excluding carboxylic acids is 3. The molecule has 1 aliphatic carbocycles. The van der Waals surface area contributed by atoms with Gasteiger partial charge in [0, 0.05) is 60.1 Å². The van der Waals surface area contributed by atoms with Crippen molar-refractivity contribution in [3.63, 3.8) is 0 Å². The Morgan fingerprint density at radius 3 is 2.66 bits per heavy atom. The van der Waals surface area contributed by atoms with Gasteiger partial charge in [-0.2, -0.15) is 0 Å². The number of amides is 2. The summed E-state index contributed by atoms with van der Waals surface area (Å²) in [5.41, 5.74) is 1.03. The summed E-state index contributed by atoms with van der Waals surface area (Å²) >= 11 is 7.81. The molecule has 0 bridgehead atoms. The Morgan fingerprint density at radius 2 is 2.00 bits per heavy atom. The Kier molecular flexibility index (Phi) is 7.43. The number of hydrogen-bond donors (Lipinski definition) is 1. The van der Waals surface area contributed by atoms with Gasteiger partial charge in [0.05, 0.1) is 25.8 Å². The summed E-state index contributed by atoms with van der Waals surface area (Å²) < 4.78 is 24.3. The molecule has 11 nitrogen and oxygen atoms in total. The number of carbonyl (C=O) groups is 3. The summed E-state index contributed by atoms with van der Waals surface area (Å²) in [6.07, 6.45) is 3.56. The molecule has 4 aliphatic rings. The van der Waals surface area contributed by atoms with Gasteiger partial charge in [0.1, 0.15) is 17.9 Å². The molecule has 4 heterocycles. The Labute approximate surface area is 244 Å². The van der Waals surface area contributed by atoms with E-state index in [4.69, 9.17) is 26.1 Å². The molecule has 0 radical (unpaired) electrons. The van der Waals surface area contributed by atoms with E-state index in [2.05, 4.69) is 10.3 Å². The zero-order chi connectivity index (χ0) is 28.8. The number of benzene rings is 1. The number of esters is 2. The molecular weight excluding hydrogens is 575 g/mol. The predicted molar refractivity (Wildman–Crippen MR) is 148 cm³/mol. The smallest absolute Gasteiger partial charge is 0.338 e. The number of ether oxygens (including phenoxy) is 2. The van der Waals surface area contributed by atoms with Crippen LogP contribution in [0.5, 0.6) is 0 Å². The minimum atomic E-state index is -0.929. The van der Waals surface area contributed by atoms with Crippen LogP contribution in [0.25, 0.3) is 0 Å². The van der Waals surface area contributed by atoms with E-state index in [0.717, 1.165) is 12.8 Å². The number of piperazine rings is 1. The maximum absolute atomic E-state index is 14.0. The predicted octanol–water partition coefficient (Wildman–Crippen LogP) is 2.58. The van der Waals surface area contributed by atoms with Crippen LogP contribution in [0.3, 0.4) is 0 Å². The first-order valence-electron chi connectivity index (χ1n) is 13.2. The molecule has 1 aromatic heterocycles. The fraction of sp³-hybridized carbons (Fsp3) is 0.444. The molecule has 2 saturated heterocycles. The molecule has 3 unspecified atom stereocenters. The first-order chi connectivity index (χ1) is 19.8. The first kappa shape index (κ1) is 27.6. The van der Waals surface area contributed by atoms with E-state index in [9.17, 15) is 18.8 Å². The lowest BCUT2D eigenvalue weighted by Crippen LogP contribution is -2.62. The van der Waals surface area contributed by atoms with Crippen LogP contribution in [0.15, 0.2) is 46.0 Å². The molecule has 0 spiro atoms. The Bertz CT molecular complexity index is 1450. The molecule has 3 atom stereocenters. The molecule has 1 aromatic carbocycles. The van der Waals surface area contributed by atoms with Crippen LogP contribution in [0.2, 0.25) is 5.02 Å². The van der Waals surface area contributed by atoms with Gasteiger partial charge in [-0.05, 0) is 25.0 Å². The van der Waals surface area contributed by atoms with Crippen LogP contribution in [-0.2, 0) is 19.1 Å². The van der Waals surface area contributed by atoms with Gasteiger partial charge in [-0.3, -0.25) is 14.7 Å². The highest BCUT2D eigenvalue weighted by atomic mass is 35.5. The van der Waals surface area contributed by atoms with E-state index >= 15 is 0 Å². The van der Waals surface area contributed by atoms with Gasteiger partial charge in [0.2, 0.25) is 0 Å². The van der Waals surface area contributed by atoms with Crippen molar-refractivity contribution in [1.29, 1.82) is 0 Å². The molecule has 2 aromatic rings. The number of amidine groups is 1. The second kappa shape index (κ2) is 11.0. The average molecular weight is 603 g/mol. The third-order valence-corrected chi connectivity index (χ3v) is 8.98. The van der Waals surface area contributed by atoms with Crippen molar-refractivity contribution >= 4 is 46.7 Å². The van der Waals surface area contributed by atoms with Crippen LogP contribution in [0.1, 0.15) is 29.5 Å². The largest absolute Gasteiger partial charge is 0.468 e. The standard InChI is InChI=1S/C27H28ClFN6O5S/c1-39-25(36)20-18(31-23(24-30-7-10-41-24)32-21(20)16-6-3-14(29)11-17(16)28)12-33-8-9-34-19(22(33)26(37)40-2)13-35(27(34)38)15-4-5-15/h3,6-7,10-11,15,19,21-22H,4-5,8-9,12-13H2,1-2H3,(H,31,32). The van der Waals surface area contributed by atoms with Gasteiger partial charge in [-0.25, -0.2) is 19.0 Å². The minimum Gasteiger partial charge on any atom is -0.468 e. The normalized spacial score (nSPS) is 24.6. The Morgan fingerprint density at radius 1 is 1.20 bits per heavy atom. The van der Waals surface area contributed by atoms with E-state index in [0.29, 0.717) is 41.7 Å². The van der Waals surface area contributed by atoms with Gasteiger partial charge in [0.25, 0.3) is 0 Å². The zero-order valence-electron chi connectivity index (χ0n) is 22.4. The molecule has 1 saturated carbocycles. The maximum Gasteiger partial charge on any atom is 0.338 e. The second-order valence-electron chi connectivity index (χ2n) is 10.3. The molecule has 216 valence electrons. The average Bonchev–Trinajstić information content (AvgIpc) is 3.54. The van der Waals surface area contributed by atoms with Crippen LogP contribution >= 0.6 is 22.9 Å². The highest BCUT2D eigenvalue weighted by molar-refractivity contribution is 7.11. The number of hydrogen-bond acceptors (Lipinski definition) is 10. The van der Waals surface area contributed by atoms with Crippen molar-refractivity contribution in [2.45, 2.75) is 37.0 Å². The summed E-state index contributed by atoms with van der Waals surface area (Å²) in [7, 11) is 2.59. The highest BCUT2D eigenvalue weighted by Crippen LogP contribution is 2.38. The summed E-state index contributed by atoms with van der Waals surface area (Å²) in [6.45, 7) is 1.33. The molecule has 14 heteroatoms. The van der Waals surface area contributed by atoms with Gasteiger partial charge >= 0.3 is 18.0 Å². The number of aliphatic imine (C=N–C) groups is 1. The molecule has 2 amide bonds. The Hall–Kier alpha value is -3.55. The van der Waals surface area contributed by atoms with E-state index in [1.165, 1.54) is 43.8 Å². The molecule has 6 rings (SSSR count). The summed E-state index contributed by atoms with van der Waals surface area (Å²) in [6, 6.07) is 1.99. The fourth-order valence-electron chi connectivity index (χ4n) is 5.80.